The van der Waals surface area contributed by atoms with Gasteiger partial charge in [-0.15, -0.1) is 0 Å². The van der Waals surface area contributed by atoms with Crippen molar-refractivity contribution in [2.45, 2.75) is 25.8 Å². The van der Waals surface area contributed by atoms with E-state index in [1.54, 1.807) is 0 Å². The van der Waals surface area contributed by atoms with Crippen LogP contribution in [0, 0.1) is 0 Å². The molecule has 0 heterocycles. The van der Waals surface area contributed by atoms with Crippen LogP contribution in [0.1, 0.15) is 19.8 Å². The molecular formula is C15H16BrNO2. The Morgan fingerprint density at radius 3 is 2.58 bits per heavy atom. The Morgan fingerprint density at radius 1 is 1.26 bits per heavy atom. The van der Waals surface area contributed by atoms with Crippen LogP contribution in [0.3, 0.4) is 0 Å². The lowest BCUT2D eigenvalue weighted by atomic mass is 10.1. The fourth-order valence-electron chi connectivity index (χ4n) is 2.12. The molecule has 4 heteroatoms. The third kappa shape index (κ3) is 3.07. The Bertz CT molecular complexity index is 598. The molecule has 1 unspecified atom stereocenters. The van der Waals surface area contributed by atoms with Gasteiger partial charge in [0.1, 0.15) is 6.04 Å². The van der Waals surface area contributed by atoms with Gasteiger partial charge in [-0.25, -0.2) is 4.79 Å². The summed E-state index contributed by atoms with van der Waals surface area (Å²) >= 11 is 3.51. The highest BCUT2D eigenvalue weighted by atomic mass is 79.9. The minimum Gasteiger partial charge on any atom is -0.480 e. The van der Waals surface area contributed by atoms with E-state index in [0.717, 1.165) is 27.4 Å². The van der Waals surface area contributed by atoms with Crippen molar-refractivity contribution in [3.63, 3.8) is 0 Å². The Kier molecular flexibility index (Phi) is 4.43. The number of rotatable bonds is 5. The molecule has 0 amide bonds. The molecule has 0 aliphatic rings. The van der Waals surface area contributed by atoms with E-state index in [-0.39, 0.29) is 0 Å². The molecular weight excluding hydrogens is 306 g/mol. The van der Waals surface area contributed by atoms with Crippen LogP contribution >= 0.6 is 15.9 Å². The molecule has 2 aromatic rings. The van der Waals surface area contributed by atoms with E-state index in [2.05, 4.69) is 21.2 Å². The molecule has 0 fully saturated rings. The van der Waals surface area contributed by atoms with E-state index in [0.29, 0.717) is 6.42 Å². The summed E-state index contributed by atoms with van der Waals surface area (Å²) in [7, 11) is 0. The number of anilines is 1. The first-order valence-electron chi connectivity index (χ1n) is 6.30. The van der Waals surface area contributed by atoms with E-state index in [1.165, 1.54) is 0 Å². The van der Waals surface area contributed by atoms with Gasteiger partial charge < -0.3 is 10.4 Å². The molecule has 0 spiro atoms. The van der Waals surface area contributed by atoms with Crippen molar-refractivity contribution in [1.82, 2.24) is 0 Å². The number of hydrogen-bond donors (Lipinski definition) is 2. The Balaban J connectivity index is 2.40. The van der Waals surface area contributed by atoms with Gasteiger partial charge >= 0.3 is 5.97 Å². The Hall–Kier alpha value is -1.55. The van der Waals surface area contributed by atoms with E-state index in [1.807, 2.05) is 43.3 Å². The molecule has 0 aliphatic heterocycles. The number of carbonyl (C=O) groups is 1. The van der Waals surface area contributed by atoms with Crippen LogP contribution in [-0.4, -0.2) is 17.1 Å². The van der Waals surface area contributed by atoms with Gasteiger partial charge in [-0.05, 0) is 23.9 Å². The second-order valence-electron chi connectivity index (χ2n) is 4.46. The second kappa shape index (κ2) is 6.06. The molecule has 2 rings (SSSR count). The molecule has 0 saturated carbocycles. The number of carboxylic acid groups (broad SMARTS) is 1. The standard InChI is InChI=1S/C15H16BrNO2/c1-2-5-14(15(18)19)17-13-9-8-12(16)10-6-3-4-7-11(10)13/h3-4,6-9,14,17H,2,5H2,1H3,(H,18,19). The van der Waals surface area contributed by atoms with Crippen LogP contribution in [-0.2, 0) is 4.79 Å². The first-order valence-corrected chi connectivity index (χ1v) is 7.09. The number of benzene rings is 2. The normalized spacial score (nSPS) is 12.3. The van der Waals surface area contributed by atoms with Crippen molar-refractivity contribution >= 4 is 38.4 Å². The van der Waals surface area contributed by atoms with E-state index in [9.17, 15) is 9.90 Å². The molecule has 19 heavy (non-hydrogen) atoms. The van der Waals surface area contributed by atoms with Gasteiger partial charge in [-0.2, -0.15) is 0 Å². The summed E-state index contributed by atoms with van der Waals surface area (Å²) < 4.78 is 1.01. The molecule has 2 N–H and O–H groups in total. The fourth-order valence-corrected chi connectivity index (χ4v) is 2.60. The average Bonchev–Trinajstić information content (AvgIpc) is 2.41. The number of nitrogens with one attached hydrogen (secondary N) is 1. The number of hydrogen-bond acceptors (Lipinski definition) is 2. The monoisotopic (exact) mass is 321 g/mol. The maximum atomic E-state index is 11.2. The molecule has 100 valence electrons. The van der Waals surface area contributed by atoms with Gasteiger partial charge in [-0.3, -0.25) is 0 Å². The second-order valence-corrected chi connectivity index (χ2v) is 5.32. The summed E-state index contributed by atoms with van der Waals surface area (Å²) in [6, 6.07) is 11.2. The molecule has 0 bridgehead atoms. The number of fused-ring (bicyclic) bond motifs is 1. The highest BCUT2D eigenvalue weighted by Crippen LogP contribution is 2.30. The quantitative estimate of drug-likeness (QED) is 0.864. The molecule has 3 nitrogen and oxygen atoms in total. The molecule has 0 aromatic heterocycles. The van der Waals surface area contributed by atoms with Crippen LogP contribution in [0.15, 0.2) is 40.9 Å². The zero-order valence-corrected chi connectivity index (χ0v) is 12.3. The predicted octanol–water partition coefficient (Wildman–Crippen LogP) is 4.27. The van der Waals surface area contributed by atoms with Crippen molar-refractivity contribution in [2.24, 2.45) is 0 Å². The van der Waals surface area contributed by atoms with Crippen LogP contribution in [0.5, 0.6) is 0 Å². The lowest BCUT2D eigenvalue weighted by Crippen LogP contribution is -2.29. The number of aliphatic carboxylic acids is 1. The summed E-state index contributed by atoms with van der Waals surface area (Å²) in [5.74, 6) is -0.811. The van der Waals surface area contributed by atoms with Gasteiger partial charge in [0, 0.05) is 15.5 Å². The fraction of sp³-hybridized carbons (Fsp3) is 0.267. The SMILES string of the molecule is CCCC(Nc1ccc(Br)c2ccccc12)C(=O)O. The molecule has 0 aliphatic carbocycles. The van der Waals surface area contributed by atoms with Crippen molar-refractivity contribution in [1.29, 1.82) is 0 Å². The summed E-state index contributed by atoms with van der Waals surface area (Å²) in [5.41, 5.74) is 0.861. The molecule has 0 saturated heterocycles. The van der Waals surface area contributed by atoms with Gasteiger partial charge in [0.25, 0.3) is 0 Å². The smallest absolute Gasteiger partial charge is 0.326 e. The summed E-state index contributed by atoms with van der Waals surface area (Å²) in [5, 5.41) is 14.5. The van der Waals surface area contributed by atoms with Crippen LogP contribution in [0.25, 0.3) is 10.8 Å². The van der Waals surface area contributed by atoms with E-state index in [4.69, 9.17) is 0 Å². The minimum absolute atomic E-state index is 0.547. The summed E-state index contributed by atoms with van der Waals surface area (Å²) in [6.07, 6.45) is 1.44. The number of carboxylic acids is 1. The van der Waals surface area contributed by atoms with Crippen molar-refractivity contribution < 1.29 is 9.90 Å². The first-order chi connectivity index (χ1) is 9.13. The van der Waals surface area contributed by atoms with Crippen LogP contribution in [0.2, 0.25) is 0 Å². The molecule has 2 aromatic carbocycles. The Labute approximate surface area is 120 Å². The van der Waals surface area contributed by atoms with Crippen molar-refractivity contribution in [2.75, 3.05) is 5.32 Å². The van der Waals surface area contributed by atoms with Crippen molar-refractivity contribution in [3.05, 3.63) is 40.9 Å². The maximum absolute atomic E-state index is 11.2. The topological polar surface area (TPSA) is 49.3 Å². The molecule has 1 atom stereocenters. The maximum Gasteiger partial charge on any atom is 0.326 e. The van der Waals surface area contributed by atoms with Crippen LogP contribution in [0.4, 0.5) is 5.69 Å². The zero-order valence-electron chi connectivity index (χ0n) is 10.7. The first kappa shape index (κ1) is 13.9. The average molecular weight is 322 g/mol. The lowest BCUT2D eigenvalue weighted by molar-refractivity contribution is -0.138. The zero-order chi connectivity index (χ0) is 13.8. The largest absolute Gasteiger partial charge is 0.480 e. The summed E-state index contributed by atoms with van der Waals surface area (Å²) in [6.45, 7) is 1.98. The highest BCUT2D eigenvalue weighted by Gasteiger charge is 2.17. The van der Waals surface area contributed by atoms with Gasteiger partial charge in [-0.1, -0.05) is 53.5 Å². The van der Waals surface area contributed by atoms with Crippen LogP contribution < -0.4 is 5.32 Å². The minimum atomic E-state index is -0.811. The van der Waals surface area contributed by atoms with Crippen molar-refractivity contribution in [3.8, 4) is 0 Å². The molecule has 0 radical (unpaired) electrons. The van der Waals surface area contributed by atoms with E-state index >= 15 is 0 Å². The summed E-state index contributed by atoms with van der Waals surface area (Å²) in [4.78, 5) is 11.2. The number of halogens is 1. The van der Waals surface area contributed by atoms with Gasteiger partial charge in [0.15, 0.2) is 0 Å². The third-order valence-corrected chi connectivity index (χ3v) is 3.77. The lowest BCUT2D eigenvalue weighted by Gasteiger charge is -2.17. The highest BCUT2D eigenvalue weighted by molar-refractivity contribution is 9.10. The predicted molar refractivity (Wildman–Crippen MR) is 81.6 cm³/mol. The van der Waals surface area contributed by atoms with E-state index < -0.39 is 12.0 Å². The third-order valence-electron chi connectivity index (χ3n) is 3.08. The van der Waals surface area contributed by atoms with Gasteiger partial charge in [0.05, 0.1) is 0 Å². The Morgan fingerprint density at radius 2 is 1.95 bits per heavy atom. The van der Waals surface area contributed by atoms with Gasteiger partial charge in [0.2, 0.25) is 0 Å².